The number of aromatic nitrogens is 6. The Bertz CT molecular complexity index is 1700. The maximum Gasteiger partial charge on any atom is 0.296 e. The smallest absolute Gasteiger partial charge is 0.296 e. The first-order chi connectivity index (χ1) is 19.3. The van der Waals surface area contributed by atoms with Crippen LogP contribution in [-0.4, -0.2) is 73.7 Å². The Morgan fingerprint density at radius 2 is 1.90 bits per heavy atom. The number of piperidine rings is 1. The molecule has 11 nitrogen and oxygen atoms in total. The topological polar surface area (TPSA) is 112 Å². The molecule has 206 valence electrons. The largest absolute Gasteiger partial charge is 0.493 e. The summed E-state index contributed by atoms with van der Waals surface area (Å²) in [5.41, 5.74) is 1.63. The molecule has 0 bridgehead atoms. The molecule has 0 radical (unpaired) electrons. The molecule has 1 fully saturated rings. The summed E-state index contributed by atoms with van der Waals surface area (Å²) < 4.78 is 48.6. The van der Waals surface area contributed by atoms with E-state index in [0.29, 0.717) is 57.0 Å². The summed E-state index contributed by atoms with van der Waals surface area (Å²) in [4.78, 5) is 18.6. The van der Waals surface area contributed by atoms with Gasteiger partial charge in [0, 0.05) is 24.7 Å². The first kappa shape index (κ1) is 25.9. The van der Waals surface area contributed by atoms with E-state index in [1.165, 1.54) is 30.6 Å². The molecule has 1 atom stereocenters. The van der Waals surface area contributed by atoms with Gasteiger partial charge >= 0.3 is 0 Å². The van der Waals surface area contributed by atoms with Crippen molar-refractivity contribution in [2.24, 2.45) is 0 Å². The Morgan fingerprint density at radius 1 is 1.05 bits per heavy atom. The molecule has 5 aromatic rings. The molecule has 1 saturated heterocycles. The number of anilines is 2. The summed E-state index contributed by atoms with van der Waals surface area (Å²) in [6, 6.07) is 10.0. The third-order valence-corrected chi connectivity index (χ3v) is 6.78. The van der Waals surface area contributed by atoms with Gasteiger partial charge in [-0.05, 0) is 37.4 Å². The molecule has 1 N–H and O–H groups in total. The number of hydrogen-bond donors (Lipinski definition) is 1. The molecule has 4 heterocycles. The van der Waals surface area contributed by atoms with Gasteiger partial charge < -0.3 is 24.4 Å². The molecule has 0 amide bonds. The molecule has 1 aliphatic rings. The Kier molecular flexibility index (Phi) is 6.68. The van der Waals surface area contributed by atoms with Crippen LogP contribution in [0.3, 0.4) is 0 Å². The second-order valence-electron chi connectivity index (χ2n) is 9.27. The van der Waals surface area contributed by atoms with Crippen molar-refractivity contribution < 1.29 is 23.0 Å². The van der Waals surface area contributed by atoms with Crippen LogP contribution in [0.2, 0.25) is 5.02 Å². The van der Waals surface area contributed by atoms with E-state index in [1.54, 1.807) is 48.3 Å². The van der Waals surface area contributed by atoms with Crippen molar-refractivity contribution in [1.29, 1.82) is 0 Å². The standard InChI is InChI=1S/C26H23ClF2N8O3/c1-36-8-7-20(26(28,29)11-36)40-24-19(38-2)6-4-17-23(24)25(32-12-30-17)35-15-3-5-18(16(27)9-15)39-22-10-21-31-13-34-37(21)14-33-22/h3-6,9-10,12-14,20H,7-8,11H2,1-2H3,(H,30,32,35)/t20-/m0/s1. The molecular weight excluding hydrogens is 546 g/mol. The van der Waals surface area contributed by atoms with Gasteiger partial charge in [-0.1, -0.05) is 11.6 Å². The van der Waals surface area contributed by atoms with E-state index in [4.69, 9.17) is 25.8 Å². The van der Waals surface area contributed by atoms with Gasteiger partial charge in [-0.25, -0.2) is 33.2 Å². The lowest BCUT2D eigenvalue weighted by molar-refractivity contribution is -0.135. The van der Waals surface area contributed by atoms with E-state index in [9.17, 15) is 8.78 Å². The van der Waals surface area contributed by atoms with Crippen LogP contribution in [0.5, 0.6) is 23.1 Å². The van der Waals surface area contributed by atoms with E-state index in [1.807, 2.05) is 0 Å². The molecule has 2 aromatic carbocycles. The van der Waals surface area contributed by atoms with Crippen LogP contribution in [0, 0.1) is 0 Å². The fraction of sp³-hybridized carbons (Fsp3) is 0.269. The molecule has 0 saturated carbocycles. The lowest BCUT2D eigenvalue weighted by atomic mass is 10.0. The first-order valence-electron chi connectivity index (χ1n) is 12.3. The van der Waals surface area contributed by atoms with Crippen molar-refractivity contribution in [3.05, 3.63) is 60.4 Å². The molecule has 1 aliphatic heterocycles. The second kappa shape index (κ2) is 10.3. The summed E-state index contributed by atoms with van der Waals surface area (Å²) >= 11 is 6.52. The lowest BCUT2D eigenvalue weighted by Gasteiger charge is -2.36. The summed E-state index contributed by atoms with van der Waals surface area (Å²) in [5.74, 6) is -1.63. The minimum Gasteiger partial charge on any atom is -0.493 e. The Hall–Kier alpha value is -4.36. The number of methoxy groups -OCH3 is 1. The van der Waals surface area contributed by atoms with Gasteiger partial charge in [0.25, 0.3) is 5.92 Å². The molecule has 0 unspecified atom stereocenters. The highest BCUT2D eigenvalue weighted by atomic mass is 35.5. The van der Waals surface area contributed by atoms with Crippen molar-refractivity contribution in [2.45, 2.75) is 18.4 Å². The number of fused-ring (bicyclic) bond motifs is 2. The van der Waals surface area contributed by atoms with Crippen LogP contribution in [0.25, 0.3) is 16.6 Å². The molecule has 6 rings (SSSR count). The van der Waals surface area contributed by atoms with Crippen LogP contribution in [0.1, 0.15) is 6.42 Å². The molecule has 14 heteroatoms. The van der Waals surface area contributed by atoms with Gasteiger partial charge in [-0.2, -0.15) is 5.10 Å². The van der Waals surface area contributed by atoms with Crippen molar-refractivity contribution >= 4 is 39.7 Å². The van der Waals surface area contributed by atoms with Gasteiger partial charge in [0.1, 0.15) is 30.5 Å². The number of likely N-dealkylation sites (tertiary alicyclic amines) is 1. The number of rotatable bonds is 7. The molecule has 0 aliphatic carbocycles. The van der Waals surface area contributed by atoms with E-state index >= 15 is 0 Å². The van der Waals surface area contributed by atoms with Gasteiger partial charge in [0.15, 0.2) is 23.3 Å². The quantitative estimate of drug-likeness (QED) is 0.288. The normalized spacial score (nSPS) is 17.2. The van der Waals surface area contributed by atoms with E-state index in [2.05, 4.69) is 30.4 Å². The average molecular weight is 569 g/mol. The van der Waals surface area contributed by atoms with Crippen molar-refractivity contribution in [1.82, 2.24) is 34.4 Å². The van der Waals surface area contributed by atoms with Crippen LogP contribution in [0.15, 0.2) is 55.4 Å². The highest BCUT2D eigenvalue weighted by Gasteiger charge is 2.46. The van der Waals surface area contributed by atoms with Crippen LogP contribution < -0.4 is 19.5 Å². The minimum absolute atomic E-state index is 0.137. The van der Waals surface area contributed by atoms with Crippen LogP contribution >= 0.6 is 11.6 Å². The van der Waals surface area contributed by atoms with E-state index < -0.39 is 18.6 Å². The van der Waals surface area contributed by atoms with Gasteiger partial charge in [0.05, 0.1) is 29.6 Å². The minimum atomic E-state index is -3.06. The van der Waals surface area contributed by atoms with Gasteiger partial charge in [-0.3, -0.25) is 0 Å². The number of hydrogen-bond acceptors (Lipinski definition) is 10. The first-order valence-corrected chi connectivity index (χ1v) is 12.6. The van der Waals surface area contributed by atoms with Crippen molar-refractivity contribution in [3.8, 4) is 23.1 Å². The maximum atomic E-state index is 14.9. The summed E-state index contributed by atoms with van der Waals surface area (Å²) in [7, 11) is 3.11. The molecule has 40 heavy (non-hydrogen) atoms. The highest BCUT2D eigenvalue weighted by Crippen LogP contribution is 2.42. The van der Waals surface area contributed by atoms with Crippen molar-refractivity contribution in [3.63, 3.8) is 0 Å². The molecule has 0 spiro atoms. The number of halogens is 3. The predicted molar refractivity (Wildman–Crippen MR) is 143 cm³/mol. The van der Waals surface area contributed by atoms with E-state index in [0.717, 1.165) is 0 Å². The van der Waals surface area contributed by atoms with Crippen LogP contribution in [0.4, 0.5) is 20.3 Å². The fourth-order valence-electron chi connectivity index (χ4n) is 4.53. The third kappa shape index (κ3) is 5.00. The number of nitrogens with one attached hydrogen (secondary N) is 1. The van der Waals surface area contributed by atoms with Gasteiger partial charge in [0.2, 0.25) is 5.88 Å². The van der Waals surface area contributed by atoms with Crippen LogP contribution in [-0.2, 0) is 0 Å². The second-order valence-corrected chi connectivity index (χ2v) is 9.68. The summed E-state index contributed by atoms with van der Waals surface area (Å²) in [6.07, 6.45) is 3.08. The number of alkyl halides is 2. The Morgan fingerprint density at radius 3 is 2.70 bits per heavy atom. The zero-order valence-corrected chi connectivity index (χ0v) is 22.1. The maximum absolute atomic E-state index is 14.9. The monoisotopic (exact) mass is 568 g/mol. The number of nitrogens with zero attached hydrogens (tertiary/aromatic N) is 7. The number of benzene rings is 2. The van der Waals surface area contributed by atoms with Crippen molar-refractivity contribution in [2.75, 3.05) is 32.6 Å². The third-order valence-electron chi connectivity index (χ3n) is 6.48. The average Bonchev–Trinajstić information content (AvgIpc) is 3.39. The highest BCUT2D eigenvalue weighted by molar-refractivity contribution is 6.32. The summed E-state index contributed by atoms with van der Waals surface area (Å²) in [6.45, 7) is 0.0753. The SMILES string of the molecule is COc1ccc2ncnc(Nc3ccc(Oc4cc5ncnn5cn4)c(Cl)c3)c2c1O[C@H]1CCN(C)CC1(F)F. The Labute approximate surface area is 231 Å². The zero-order chi connectivity index (χ0) is 27.9. The van der Waals surface area contributed by atoms with E-state index in [-0.39, 0.29) is 12.2 Å². The Balaban J connectivity index is 1.31. The predicted octanol–water partition coefficient (Wildman–Crippen LogP) is 4.98. The zero-order valence-electron chi connectivity index (χ0n) is 21.4. The fourth-order valence-corrected chi connectivity index (χ4v) is 4.75. The molecular formula is C26H23ClF2N8O3. The summed E-state index contributed by atoms with van der Waals surface area (Å²) in [5, 5.41) is 7.90. The lowest BCUT2D eigenvalue weighted by Crippen LogP contribution is -2.52. The van der Waals surface area contributed by atoms with Gasteiger partial charge in [-0.15, -0.1) is 0 Å². The molecule has 3 aromatic heterocycles. The number of ether oxygens (including phenoxy) is 3.